The van der Waals surface area contributed by atoms with Gasteiger partial charge in [0, 0.05) is 12.6 Å². The highest BCUT2D eigenvalue weighted by atomic mass is 32.2. The lowest BCUT2D eigenvalue weighted by molar-refractivity contribution is -0.0941. The van der Waals surface area contributed by atoms with Crippen molar-refractivity contribution in [3.05, 3.63) is 0 Å². The lowest BCUT2D eigenvalue weighted by Crippen LogP contribution is -2.59. The minimum absolute atomic E-state index is 0.0918. The molecule has 5 heteroatoms. The van der Waals surface area contributed by atoms with Gasteiger partial charge in [0.05, 0.1) is 12.2 Å². The molecule has 1 saturated heterocycles. The van der Waals surface area contributed by atoms with Gasteiger partial charge in [-0.3, -0.25) is 0 Å². The number of aliphatic hydroxyl groups is 3. The van der Waals surface area contributed by atoms with E-state index in [1.165, 1.54) is 0 Å². The molecule has 0 aromatic carbocycles. The van der Waals surface area contributed by atoms with E-state index in [0.29, 0.717) is 6.54 Å². The Labute approximate surface area is 82.3 Å². The fraction of sp³-hybridized carbons (Fsp3) is 1.00. The maximum absolute atomic E-state index is 9.55. The van der Waals surface area contributed by atoms with Crippen LogP contribution in [0.5, 0.6) is 0 Å². The van der Waals surface area contributed by atoms with Gasteiger partial charge < -0.3 is 20.6 Å². The van der Waals surface area contributed by atoms with Crippen LogP contribution in [0, 0.1) is 0 Å². The van der Waals surface area contributed by atoms with Crippen LogP contribution in [-0.4, -0.2) is 58.2 Å². The number of aliphatic hydroxyl groups excluding tert-OH is 3. The van der Waals surface area contributed by atoms with Crippen LogP contribution in [0.15, 0.2) is 0 Å². The standard InChI is InChI=1S/C8H17NO3S/c1-13-3-2-5-7(11)8(12)6(10)4-9-5/h5-12H,2-4H2,1H3/t5-,6-,7+,8+/m1/s1. The third-order valence-corrected chi connectivity index (χ3v) is 3.02. The zero-order valence-electron chi connectivity index (χ0n) is 7.68. The van der Waals surface area contributed by atoms with E-state index in [1.54, 1.807) is 11.8 Å². The van der Waals surface area contributed by atoms with Gasteiger partial charge in [-0.2, -0.15) is 11.8 Å². The molecule has 0 aliphatic carbocycles. The van der Waals surface area contributed by atoms with Crippen molar-refractivity contribution in [2.45, 2.75) is 30.8 Å². The molecule has 0 aromatic rings. The molecule has 13 heavy (non-hydrogen) atoms. The predicted octanol–water partition coefficient (Wildman–Crippen LogP) is -1.21. The summed E-state index contributed by atoms with van der Waals surface area (Å²) < 4.78 is 0. The highest BCUT2D eigenvalue weighted by molar-refractivity contribution is 7.98. The Morgan fingerprint density at radius 2 is 2.00 bits per heavy atom. The Balaban J connectivity index is 2.39. The van der Waals surface area contributed by atoms with E-state index in [0.717, 1.165) is 12.2 Å². The highest BCUT2D eigenvalue weighted by Gasteiger charge is 2.35. The van der Waals surface area contributed by atoms with Crippen molar-refractivity contribution in [3.63, 3.8) is 0 Å². The van der Waals surface area contributed by atoms with E-state index in [-0.39, 0.29) is 6.04 Å². The van der Waals surface area contributed by atoms with E-state index in [2.05, 4.69) is 5.32 Å². The van der Waals surface area contributed by atoms with E-state index in [9.17, 15) is 15.3 Å². The molecule has 1 aliphatic heterocycles. The molecule has 0 unspecified atom stereocenters. The third-order valence-electron chi connectivity index (χ3n) is 2.38. The van der Waals surface area contributed by atoms with Gasteiger partial charge >= 0.3 is 0 Å². The van der Waals surface area contributed by atoms with Crippen molar-refractivity contribution in [2.75, 3.05) is 18.6 Å². The number of β-amino-alcohol motifs (C(OH)–C–C–N with tert-alkyl or cyclic N) is 1. The first-order valence-corrected chi connectivity index (χ1v) is 5.82. The molecule has 0 aromatic heterocycles. The van der Waals surface area contributed by atoms with Crippen LogP contribution in [0.2, 0.25) is 0 Å². The summed E-state index contributed by atoms with van der Waals surface area (Å²) in [5.41, 5.74) is 0. The van der Waals surface area contributed by atoms with Crippen molar-refractivity contribution in [3.8, 4) is 0 Å². The molecular formula is C8H17NO3S. The second-order valence-corrected chi connectivity index (χ2v) is 4.33. The number of nitrogens with one attached hydrogen (secondary N) is 1. The predicted molar refractivity (Wildman–Crippen MR) is 52.8 cm³/mol. The zero-order valence-corrected chi connectivity index (χ0v) is 8.50. The highest BCUT2D eigenvalue weighted by Crippen LogP contribution is 2.14. The number of rotatable bonds is 3. The quantitative estimate of drug-likeness (QED) is 0.467. The molecule has 4 atom stereocenters. The van der Waals surface area contributed by atoms with Crippen molar-refractivity contribution in [2.24, 2.45) is 0 Å². The minimum Gasteiger partial charge on any atom is -0.389 e. The van der Waals surface area contributed by atoms with Crippen LogP contribution in [0.25, 0.3) is 0 Å². The monoisotopic (exact) mass is 207 g/mol. The number of hydrogen-bond acceptors (Lipinski definition) is 5. The molecule has 1 fully saturated rings. The smallest absolute Gasteiger partial charge is 0.108 e. The van der Waals surface area contributed by atoms with Crippen LogP contribution in [0.1, 0.15) is 6.42 Å². The van der Waals surface area contributed by atoms with Gasteiger partial charge in [-0.05, 0) is 18.4 Å². The Bertz CT molecular complexity index is 156. The first kappa shape index (κ1) is 11.3. The SMILES string of the molecule is CSCC[C@H]1NC[C@@H](O)[C@H](O)[C@H]1O. The van der Waals surface area contributed by atoms with Crippen molar-refractivity contribution < 1.29 is 15.3 Å². The molecule has 0 radical (unpaired) electrons. The molecule has 1 rings (SSSR count). The summed E-state index contributed by atoms with van der Waals surface area (Å²) >= 11 is 1.70. The third kappa shape index (κ3) is 2.82. The van der Waals surface area contributed by atoms with E-state index >= 15 is 0 Å². The Morgan fingerprint density at radius 1 is 1.31 bits per heavy atom. The van der Waals surface area contributed by atoms with Crippen LogP contribution in [0.3, 0.4) is 0 Å². The average Bonchev–Trinajstić information content (AvgIpc) is 2.13. The lowest BCUT2D eigenvalue weighted by atomic mass is 9.94. The fourth-order valence-electron chi connectivity index (χ4n) is 1.50. The van der Waals surface area contributed by atoms with Crippen LogP contribution >= 0.6 is 11.8 Å². The summed E-state index contributed by atoms with van der Waals surface area (Å²) in [5.74, 6) is 0.942. The van der Waals surface area contributed by atoms with Crippen molar-refractivity contribution >= 4 is 11.8 Å². The van der Waals surface area contributed by atoms with Gasteiger partial charge in [-0.15, -0.1) is 0 Å². The minimum atomic E-state index is -1.01. The van der Waals surface area contributed by atoms with Crippen molar-refractivity contribution in [1.29, 1.82) is 0 Å². The van der Waals surface area contributed by atoms with Gasteiger partial charge in [0.2, 0.25) is 0 Å². The number of thioether (sulfide) groups is 1. The average molecular weight is 207 g/mol. The molecular weight excluding hydrogens is 190 g/mol. The molecule has 0 bridgehead atoms. The maximum Gasteiger partial charge on any atom is 0.108 e. The molecule has 4 nitrogen and oxygen atoms in total. The van der Waals surface area contributed by atoms with Crippen LogP contribution < -0.4 is 5.32 Å². The number of hydrogen-bond donors (Lipinski definition) is 4. The molecule has 1 heterocycles. The summed E-state index contributed by atoms with van der Waals surface area (Å²) in [6.07, 6.45) is 0.108. The van der Waals surface area contributed by atoms with Gasteiger partial charge in [0.15, 0.2) is 0 Å². The summed E-state index contributed by atoms with van der Waals surface area (Å²) in [5, 5.41) is 31.1. The van der Waals surface area contributed by atoms with Crippen LogP contribution in [-0.2, 0) is 0 Å². The van der Waals surface area contributed by atoms with Crippen molar-refractivity contribution in [1.82, 2.24) is 5.32 Å². The Hall–Kier alpha value is 0.190. The fourth-order valence-corrected chi connectivity index (χ4v) is 1.99. The second-order valence-electron chi connectivity index (χ2n) is 3.34. The van der Waals surface area contributed by atoms with Gasteiger partial charge in [-0.25, -0.2) is 0 Å². The van der Waals surface area contributed by atoms with Gasteiger partial charge in [0.25, 0.3) is 0 Å². The normalized spacial score (nSPS) is 40.6. The molecule has 0 spiro atoms. The van der Waals surface area contributed by atoms with Gasteiger partial charge in [-0.1, -0.05) is 0 Å². The van der Waals surface area contributed by atoms with E-state index < -0.39 is 18.3 Å². The molecule has 0 amide bonds. The lowest BCUT2D eigenvalue weighted by Gasteiger charge is -2.36. The largest absolute Gasteiger partial charge is 0.389 e. The second kappa shape index (κ2) is 5.17. The summed E-state index contributed by atoms with van der Waals surface area (Å²) in [4.78, 5) is 0. The molecule has 4 N–H and O–H groups in total. The zero-order chi connectivity index (χ0) is 9.84. The first-order valence-electron chi connectivity index (χ1n) is 4.43. The van der Waals surface area contributed by atoms with Gasteiger partial charge in [0.1, 0.15) is 6.10 Å². The summed E-state index contributed by atoms with van der Waals surface area (Å²) in [7, 11) is 0. The van der Waals surface area contributed by atoms with Crippen LogP contribution in [0.4, 0.5) is 0 Å². The van der Waals surface area contributed by atoms with E-state index in [4.69, 9.17) is 0 Å². The first-order chi connectivity index (χ1) is 6.16. The summed E-state index contributed by atoms with van der Waals surface area (Å²) in [6.45, 7) is 0.358. The van der Waals surface area contributed by atoms with E-state index in [1.807, 2.05) is 6.26 Å². The summed E-state index contributed by atoms with van der Waals surface area (Å²) in [6, 6.07) is -0.0918. The number of piperidine rings is 1. The topological polar surface area (TPSA) is 72.7 Å². The Morgan fingerprint density at radius 3 is 2.62 bits per heavy atom. The molecule has 0 saturated carbocycles. The molecule has 1 aliphatic rings. The Kier molecular flexibility index (Phi) is 4.48. The maximum atomic E-state index is 9.55. The molecule has 78 valence electrons.